The summed E-state index contributed by atoms with van der Waals surface area (Å²) in [5.74, 6) is 2.76. The van der Waals surface area contributed by atoms with E-state index < -0.39 is 6.10 Å². The predicted octanol–water partition coefficient (Wildman–Crippen LogP) is 2.85. The highest BCUT2D eigenvalue weighted by Crippen LogP contribution is 2.31. The first-order valence-electron chi connectivity index (χ1n) is 9.17. The van der Waals surface area contributed by atoms with Gasteiger partial charge in [0.2, 0.25) is 11.7 Å². The number of hydrogen-bond donors (Lipinski definition) is 1. The van der Waals surface area contributed by atoms with Gasteiger partial charge in [0.25, 0.3) is 5.91 Å². The van der Waals surface area contributed by atoms with E-state index in [4.69, 9.17) is 23.5 Å². The minimum atomic E-state index is -0.706. The lowest BCUT2D eigenvalue weighted by Gasteiger charge is -2.14. The van der Waals surface area contributed by atoms with Gasteiger partial charge in [0, 0.05) is 6.07 Å². The van der Waals surface area contributed by atoms with Gasteiger partial charge in [-0.2, -0.15) is 4.98 Å². The molecule has 1 heterocycles. The Bertz CT molecular complexity index is 987. The molecule has 158 valence electrons. The van der Waals surface area contributed by atoms with Crippen LogP contribution >= 0.6 is 0 Å². The molecule has 0 saturated carbocycles. The maximum atomic E-state index is 12.3. The number of rotatable bonds is 9. The van der Waals surface area contributed by atoms with Crippen molar-refractivity contribution in [3.63, 3.8) is 0 Å². The first-order chi connectivity index (χ1) is 14.5. The maximum absolute atomic E-state index is 12.3. The zero-order valence-electron chi connectivity index (χ0n) is 17.2. The van der Waals surface area contributed by atoms with Crippen molar-refractivity contribution in [2.24, 2.45) is 0 Å². The first-order valence-corrected chi connectivity index (χ1v) is 9.17. The quantitative estimate of drug-likeness (QED) is 0.571. The van der Waals surface area contributed by atoms with Crippen LogP contribution in [-0.2, 0) is 11.3 Å². The van der Waals surface area contributed by atoms with E-state index in [2.05, 4.69) is 15.5 Å². The third kappa shape index (κ3) is 4.99. The summed E-state index contributed by atoms with van der Waals surface area (Å²) in [5.41, 5.74) is 0.649. The summed E-state index contributed by atoms with van der Waals surface area (Å²) in [5, 5.41) is 6.67. The largest absolute Gasteiger partial charge is 0.497 e. The van der Waals surface area contributed by atoms with Crippen molar-refractivity contribution in [1.29, 1.82) is 0 Å². The van der Waals surface area contributed by atoms with E-state index in [1.807, 2.05) is 0 Å². The number of carbonyl (C=O) groups is 1. The van der Waals surface area contributed by atoms with Crippen LogP contribution in [0.4, 0.5) is 0 Å². The molecule has 9 heteroatoms. The Morgan fingerprint density at radius 3 is 2.33 bits per heavy atom. The van der Waals surface area contributed by atoms with Gasteiger partial charge in [0.1, 0.15) is 23.0 Å². The van der Waals surface area contributed by atoms with Crippen LogP contribution in [0.15, 0.2) is 47.0 Å². The summed E-state index contributed by atoms with van der Waals surface area (Å²) in [7, 11) is 4.70. The van der Waals surface area contributed by atoms with Crippen LogP contribution in [0, 0.1) is 0 Å². The predicted molar refractivity (Wildman–Crippen MR) is 108 cm³/mol. The molecule has 1 atom stereocenters. The molecule has 0 bridgehead atoms. The molecular weight excluding hydrogens is 390 g/mol. The van der Waals surface area contributed by atoms with E-state index >= 15 is 0 Å². The van der Waals surface area contributed by atoms with Gasteiger partial charge in [-0.05, 0) is 43.3 Å². The SMILES string of the molecule is COc1ccc(OC(C)C(=O)NCc2nc(-c3ccc(OC)cc3OC)no2)cc1. The van der Waals surface area contributed by atoms with Gasteiger partial charge in [-0.3, -0.25) is 4.79 Å². The minimum Gasteiger partial charge on any atom is -0.497 e. The summed E-state index contributed by atoms with van der Waals surface area (Å²) >= 11 is 0. The summed E-state index contributed by atoms with van der Waals surface area (Å²) in [6.45, 7) is 1.72. The molecule has 0 saturated heterocycles. The molecule has 1 amide bonds. The van der Waals surface area contributed by atoms with Crippen LogP contribution in [0.1, 0.15) is 12.8 Å². The fraction of sp³-hybridized carbons (Fsp3) is 0.286. The molecule has 3 aromatic rings. The molecule has 0 spiro atoms. The van der Waals surface area contributed by atoms with E-state index in [0.29, 0.717) is 34.4 Å². The van der Waals surface area contributed by atoms with Crippen molar-refractivity contribution >= 4 is 5.91 Å². The molecular formula is C21H23N3O6. The average Bonchev–Trinajstić information content (AvgIpc) is 3.26. The molecule has 0 aliphatic rings. The number of ether oxygens (including phenoxy) is 4. The van der Waals surface area contributed by atoms with Gasteiger partial charge in [-0.1, -0.05) is 5.16 Å². The number of hydrogen-bond acceptors (Lipinski definition) is 8. The third-order valence-electron chi connectivity index (χ3n) is 4.27. The summed E-state index contributed by atoms with van der Waals surface area (Å²) in [4.78, 5) is 16.6. The van der Waals surface area contributed by atoms with Crippen LogP contribution < -0.4 is 24.3 Å². The molecule has 0 aliphatic heterocycles. The summed E-state index contributed by atoms with van der Waals surface area (Å²) in [6, 6.07) is 12.2. The minimum absolute atomic E-state index is 0.0701. The standard InChI is InChI=1S/C21H23N3O6/c1-13(29-15-7-5-14(26-2)6-8-15)21(25)22-12-19-23-20(24-30-19)17-10-9-16(27-3)11-18(17)28-4/h5-11,13H,12H2,1-4H3,(H,22,25). The monoisotopic (exact) mass is 413 g/mol. The number of nitrogens with zero attached hydrogens (tertiary/aromatic N) is 2. The van der Waals surface area contributed by atoms with Gasteiger partial charge in [-0.15, -0.1) is 0 Å². The lowest BCUT2D eigenvalue weighted by Crippen LogP contribution is -2.35. The van der Waals surface area contributed by atoms with E-state index in [1.165, 1.54) is 0 Å². The fourth-order valence-electron chi connectivity index (χ4n) is 2.64. The Hall–Kier alpha value is -3.75. The lowest BCUT2D eigenvalue weighted by molar-refractivity contribution is -0.127. The molecule has 1 aromatic heterocycles. The Kier molecular flexibility index (Phi) is 6.74. The van der Waals surface area contributed by atoms with Gasteiger partial charge in [0.15, 0.2) is 6.10 Å². The van der Waals surface area contributed by atoms with Gasteiger partial charge in [-0.25, -0.2) is 0 Å². The highest BCUT2D eigenvalue weighted by atomic mass is 16.5. The number of aromatic nitrogens is 2. The number of amides is 1. The molecule has 0 aliphatic carbocycles. The Balaban J connectivity index is 1.58. The molecule has 1 unspecified atom stereocenters. The Morgan fingerprint density at radius 1 is 1.00 bits per heavy atom. The molecule has 3 rings (SSSR count). The van der Waals surface area contributed by atoms with Gasteiger partial charge < -0.3 is 28.8 Å². The van der Waals surface area contributed by atoms with Crippen LogP contribution in [0.25, 0.3) is 11.4 Å². The highest BCUT2D eigenvalue weighted by molar-refractivity contribution is 5.80. The van der Waals surface area contributed by atoms with Crippen LogP contribution in [0.5, 0.6) is 23.0 Å². The number of nitrogens with one attached hydrogen (secondary N) is 1. The molecule has 1 N–H and O–H groups in total. The first kappa shape index (κ1) is 21.0. The third-order valence-corrected chi connectivity index (χ3v) is 4.27. The molecule has 2 aromatic carbocycles. The normalized spacial score (nSPS) is 11.5. The number of benzene rings is 2. The second-order valence-corrected chi connectivity index (χ2v) is 6.23. The average molecular weight is 413 g/mol. The summed E-state index contributed by atoms with van der Waals surface area (Å²) < 4.78 is 26.5. The Morgan fingerprint density at radius 2 is 1.67 bits per heavy atom. The zero-order chi connectivity index (χ0) is 21.5. The van der Waals surface area contributed by atoms with Gasteiger partial charge in [0.05, 0.1) is 33.4 Å². The second-order valence-electron chi connectivity index (χ2n) is 6.23. The molecule has 9 nitrogen and oxygen atoms in total. The smallest absolute Gasteiger partial charge is 0.261 e. The Labute approximate surface area is 173 Å². The van der Waals surface area contributed by atoms with Gasteiger partial charge >= 0.3 is 0 Å². The highest BCUT2D eigenvalue weighted by Gasteiger charge is 2.18. The maximum Gasteiger partial charge on any atom is 0.261 e. The molecule has 30 heavy (non-hydrogen) atoms. The van der Waals surface area contributed by atoms with Crippen molar-refractivity contribution in [3.8, 4) is 34.4 Å². The van der Waals surface area contributed by atoms with Crippen LogP contribution in [0.3, 0.4) is 0 Å². The van der Waals surface area contributed by atoms with E-state index in [0.717, 1.165) is 0 Å². The summed E-state index contributed by atoms with van der Waals surface area (Å²) in [6.07, 6.45) is -0.706. The van der Waals surface area contributed by atoms with Crippen molar-refractivity contribution in [3.05, 3.63) is 48.4 Å². The van der Waals surface area contributed by atoms with E-state index in [9.17, 15) is 4.79 Å². The number of carbonyl (C=O) groups excluding carboxylic acids is 1. The van der Waals surface area contributed by atoms with Crippen molar-refractivity contribution in [2.75, 3.05) is 21.3 Å². The van der Waals surface area contributed by atoms with Crippen molar-refractivity contribution in [2.45, 2.75) is 19.6 Å². The molecule has 0 radical (unpaired) electrons. The van der Waals surface area contributed by atoms with E-state index in [1.54, 1.807) is 70.7 Å². The van der Waals surface area contributed by atoms with E-state index in [-0.39, 0.29) is 18.3 Å². The second kappa shape index (κ2) is 9.64. The topological polar surface area (TPSA) is 105 Å². The molecule has 0 fully saturated rings. The van der Waals surface area contributed by atoms with Crippen molar-refractivity contribution in [1.82, 2.24) is 15.5 Å². The van der Waals surface area contributed by atoms with Crippen LogP contribution in [-0.4, -0.2) is 43.5 Å². The zero-order valence-corrected chi connectivity index (χ0v) is 17.2. The fourth-order valence-corrected chi connectivity index (χ4v) is 2.64. The van der Waals surface area contributed by atoms with Crippen LogP contribution in [0.2, 0.25) is 0 Å². The lowest BCUT2D eigenvalue weighted by atomic mass is 10.2. The van der Waals surface area contributed by atoms with Crippen molar-refractivity contribution < 1.29 is 28.3 Å². The number of methoxy groups -OCH3 is 3.